The molecule has 0 saturated carbocycles. The standard InChI is InChI=1S/C23H48NO4P/c1-5-6-7-8-9-10-11-12-13-14-15-16-17-18-19-20-22-27-29(25,26)28-23-21-24(2,3)4/h19-20H,5-18,21-23H2,1-4H3. The van der Waals surface area contributed by atoms with Crippen LogP contribution in [0.5, 0.6) is 0 Å². The average Bonchev–Trinajstić information content (AvgIpc) is 2.63. The molecule has 1 atom stereocenters. The summed E-state index contributed by atoms with van der Waals surface area (Å²) in [6.07, 6.45) is 22.3. The maximum absolute atomic E-state index is 11.6. The minimum atomic E-state index is -4.18. The fourth-order valence-corrected chi connectivity index (χ4v) is 3.71. The Hall–Kier alpha value is -0.190. The number of unbranched alkanes of at least 4 members (excludes halogenated alkanes) is 13. The van der Waals surface area contributed by atoms with Crippen LogP contribution in [0, 0.1) is 0 Å². The molecule has 5 nitrogen and oxygen atoms in total. The van der Waals surface area contributed by atoms with Gasteiger partial charge in [0, 0.05) is 0 Å². The summed E-state index contributed by atoms with van der Waals surface area (Å²) in [6.45, 7) is 3.09. The molecule has 6 heteroatoms. The van der Waals surface area contributed by atoms with Crippen molar-refractivity contribution in [1.82, 2.24) is 0 Å². The largest absolute Gasteiger partial charge is 0.756 e. The maximum Gasteiger partial charge on any atom is 0.268 e. The van der Waals surface area contributed by atoms with Gasteiger partial charge in [-0.3, -0.25) is 4.57 Å². The third kappa shape index (κ3) is 24.0. The molecule has 0 aliphatic carbocycles. The Morgan fingerprint density at radius 1 is 0.759 bits per heavy atom. The van der Waals surface area contributed by atoms with Crippen LogP contribution < -0.4 is 4.89 Å². The smallest absolute Gasteiger partial charge is 0.268 e. The lowest BCUT2D eigenvalue weighted by Gasteiger charge is -2.26. The lowest BCUT2D eigenvalue weighted by Crippen LogP contribution is -2.37. The second kappa shape index (κ2) is 18.6. The first-order valence-electron chi connectivity index (χ1n) is 11.8. The summed E-state index contributed by atoms with van der Waals surface area (Å²) >= 11 is 0. The number of nitrogens with zero attached hydrogens (tertiary/aromatic N) is 1. The van der Waals surface area contributed by atoms with E-state index in [1.807, 2.05) is 27.2 Å². The van der Waals surface area contributed by atoms with Gasteiger partial charge in [-0.25, -0.2) is 0 Å². The summed E-state index contributed by atoms with van der Waals surface area (Å²) in [5, 5.41) is 0. The third-order valence-electron chi connectivity index (χ3n) is 4.98. The minimum Gasteiger partial charge on any atom is -0.756 e. The van der Waals surface area contributed by atoms with E-state index in [9.17, 15) is 9.46 Å². The molecule has 0 N–H and O–H groups in total. The molecule has 0 aromatic heterocycles. The van der Waals surface area contributed by atoms with Crippen molar-refractivity contribution < 1.29 is 23.0 Å². The van der Waals surface area contributed by atoms with Crippen molar-refractivity contribution in [3.8, 4) is 0 Å². The van der Waals surface area contributed by atoms with Gasteiger partial charge >= 0.3 is 0 Å². The van der Waals surface area contributed by atoms with Crippen LogP contribution in [0.15, 0.2) is 12.2 Å². The first-order valence-corrected chi connectivity index (χ1v) is 13.3. The fraction of sp³-hybridized carbons (Fsp3) is 0.913. The van der Waals surface area contributed by atoms with Crippen LogP contribution >= 0.6 is 7.82 Å². The predicted molar refractivity (Wildman–Crippen MR) is 122 cm³/mol. The molecule has 1 unspecified atom stereocenters. The van der Waals surface area contributed by atoms with Crippen molar-refractivity contribution in [1.29, 1.82) is 0 Å². The first-order chi connectivity index (χ1) is 13.8. The normalized spacial score (nSPS) is 14.5. The molecular weight excluding hydrogens is 385 g/mol. The third-order valence-corrected chi connectivity index (χ3v) is 5.95. The Morgan fingerprint density at radius 2 is 1.24 bits per heavy atom. The zero-order valence-corrected chi connectivity index (χ0v) is 20.6. The van der Waals surface area contributed by atoms with Crippen molar-refractivity contribution in [3.05, 3.63) is 12.2 Å². The topological polar surface area (TPSA) is 58.6 Å². The van der Waals surface area contributed by atoms with Crippen molar-refractivity contribution >= 4 is 7.82 Å². The lowest BCUT2D eigenvalue weighted by molar-refractivity contribution is -0.870. The molecule has 0 bridgehead atoms. The van der Waals surface area contributed by atoms with E-state index in [1.54, 1.807) is 6.08 Å². The number of allylic oxidation sites excluding steroid dienone is 1. The molecule has 0 fully saturated rings. The Morgan fingerprint density at radius 3 is 1.72 bits per heavy atom. The van der Waals surface area contributed by atoms with Crippen molar-refractivity contribution in [2.45, 2.75) is 96.8 Å². The van der Waals surface area contributed by atoms with Gasteiger partial charge in [0.15, 0.2) is 0 Å². The highest BCUT2D eigenvalue weighted by atomic mass is 31.2. The molecule has 29 heavy (non-hydrogen) atoms. The van der Waals surface area contributed by atoms with Gasteiger partial charge < -0.3 is 18.4 Å². The number of phosphoric acid groups is 1. The summed E-state index contributed by atoms with van der Waals surface area (Å²) in [7, 11) is 1.78. The quantitative estimate of drug-likeness (QED) is 0.0931. The molecular formula is C23H48NO4P. The highest BCUT2D eigenvalue weighted by molar-refractivity contribution is 7.45. The van der Waals surface area contributed by atoms with E-state index in [0.717, 1.165) is 12.8 Å². The summed E-state index contributed by atoms with van der Waals surface area (Å²) in [5.74, 6) is 0. The molecule has 0 radical (unpaired) electrons. The number of likely N-dealkylation sites (N-methyl/N-ethyl adjacent to an activating group) is 1. The summed E-state index contributed by atoms with van der Waals surface area (Å²) in [4.78, 5) is 11.6. The molecule has 0 aromatic carbocycles. The van der Waals surface area contributed by atoms with Crippen LogP contribution in [0.3, 0.4) is 0 Å². The van der Waals surface area contributed by atoms with E-state index in [-0.39, 0.29) is 13.2 Å². The van der Waals surface area contributed by atoms with Gasteiger partial charge in [0.2, 0.25) is 0 Å². The highest BCUT2D eigenvalue weighted by Crippen LogP contribution is 2.37. The van der Waals surface area contributed by atoms with Crippen LogP contribution in [-0.2, 0) is 13.6 Å². The van der Waals surface area contributed by atoms with Gasteiger partial charge in [0.25, 0.3) is 7.82 Å². The predicted octanol–water partition coefficient (Wildman–Crippen LogP) is 6.23. The Labute approximate surface area is 181 Å². The number of quaternary nitrogens is 1. The summed E-state index contributed by atoms with van der Waals surface area (Å²) < 4.78 is 22.0. The van der Waals surface area contributed by atoms with E-state index >= 15 is 0 Å². The second-order valence-electron chi connectivity index (χ2n) is 9.09. The molecule has 174 valence electrons. The van der Waals surface area contributed by atoms with Crippen molar-refractivity contribution in [2.75, 3.05) is 40.9 Å². The monoisotopic (exact) mass is 433 g/mol. The second-order valence-corrected chi connectivity index (χ2v) is 10.5. The average molecular weight is 434 g/mol. The fourth-order valence-electron chi connectivity index (χ4n) is 3.06. The summed E-state index contributed by atoms with van der Waals surface area (Å²) in [5.41, 5.74) is 0. The zero-order chi connectivity index (χ0) is 21.8. The molecule has 0 aliphatic rings. The lowest BCUT2D eigenvalue weighted by atomic mass is 10.0. The van der Waals surface area contributed by atoms with Crippen LogP contribution in [-0.4, -0.2) is 45.4 Å². The molecule has 0 aliphatic heterocycles. The van der Waals surface area contributed by atoms with Gasteiger partial charge in [-0.05, 0) is 12.8 Å². The molecule has 0 aromatic rings. The molecule has 0 heterocycles. The van der Waals surface area contributed by atoms with Crippen LogP contribution in [0.1, 0.15) is 96.8 Å². The summed E-state index contributed by atoms with van der Waals surface area (Å²) in [6, 6.07) is 0. The van der Waals surface area contributed by atoms with Gasteiger partial charge in [-0.2, -0.15) is 0 Å². The number of phosphoric ester groups is 1. The van der Waals surface area contributed by atoms with E-state index in [2.05, 4.69) is 6.92 Å². The maximum atomic E-state index is 11.6. The molecule has 0 rings (SSSR count). The number of rotatable bonds is 21. The molecule has 0 amide bonds. The minimum absolute atomic E-state index is 0.0591. The Kier molecular flexibility index (Phi) is 18.4. The van der Waals surface area contributed by atoms with E-state index in [1.165, 1.54) is 77.0 Å². The van der Waals surface area contributed by atoms with E-state index in [0.29, 0.717) is 11.0 Å². The van der Waals surface area contributed by atoms with Gasteiger partial charge in [0.1, 0.15) is 13.2 Å². The van der Waals surface area contributed by atoms with Crippen LogP contribution in [0.4, 0.5) is 0 Å². The first kappa shape index (κ1) is 28.8. The van der Waals surface area contributed by atoms with Crippen LogP contribution in [0.2, 0.25) is 0 Å². The van der Waals surface area contributed by atoms with Crippen molar-refractivity contribution in [3.63, 3.8) is 0 Å². The van der Waals surface area contributed by atoms with Gasteiger partial charge in [-0.1, -0.05) is 96.1 Å². The molecule has 0 spiro atoms. The van der Waals surface area contributed by atoms with Crippen LogP contribution in [0.25, 0.3) is 0 Å². The zero-order valence-electron chi connectivity index (χ0n) is 19.7. The number of hydrogen-bond donors (Lipinski definition) is 0. The van der Waals surface area contributed by atoms with Crippen molar-refractivity contribution in [2.24, 2.45) is 0 Å². The van der Waals surface area contributed by atoms with Gasteiger partial charge in [-0.15, -0.1) is 0 Å². The number of hydrogen-bond acceptors (Lipinski definition) is 4. The van der Waals surface area contributed by atoms with E-state index in [4.69, 9.17) is 9.05 Å². The Balaban J connectivity index is 3.38. The highest BCUT2D eigenvalue weighted by Gasteiger charge is 2.12. The van der Waals surface area contributed by atoms with E-state index < -0.39 is 7.82 Å². The van der Waals surface area contributed by atoms with Gasteiger partial charge in [0.05, 0.1) is 27.7 Å². The Bertz CT molecular complexity index is 435. The SMILES string of the molecule is CCCCCCCCCCCCCCCC=CCOP(=O)([O-])OCC[N+](C)(C)C. The molecule has 0 saturated heterocycles.